The first-order chi connectivity index (χ1) is 9.50. The first-order valence-corrected chi connectivity index (χ1v) is 6.95. The minimum atomic E-state index is -0.620. The Kier molecular flexibility index (Phi) is 4.56. The fraction of sp³-hybridized carbons (Fsp3) is 0. The Balaban J connectivity index is 2.33. The van der Waals surface area contributed by atoms with Crippen LogP contribution in [0.2, 0.25) is 5.02 Å². The molecule has 7 heteroatoms. The molecule has 0 spiro atoms. The van der Waals surface area contributed by atoms with E-state index in [0.29, 0.717) is 5.69 Å². The molecule has 102 valence electrons. The van der Waals surface area contributed by atoms with E-state index in [-0.39, 0.29) is 16.3 Å². The van der Waals surface area contributed by atoms with Crippen LogP contribution in [0.15, 0.2) is 42.5 Å². The maximum Gasteiger partial charge on any atom is 0.288 e. The quantitative estimate of drug-likeness (QED) is 0.477. The maximum atomic E-state index is 12.1. The van der Waals surface area contributed by atoms with Gasteiger partial charge in [-0.2, -0.15) is 0 Å². The van der Waals surface area contributed by atoms with Gasteiger partial charge in [-0.25, -0.2) is 0 Å². The Hall–Kier alpha value is -1.67. The van der Waals surface area contributed by atoms with Crippen molar-refractivity contribution in [2.45, 2.75) is 0 Å². The van der Waals surface area contributed by atoms with Crippen LogP contribution >= 0.6 is 34.2 Å². The lowest BCUT2D eigenvalue weighted by Gasteiger charge is -2.08. The second-order valence-corrected chi connectivity index (χ2v) is 5.37. The number of hydrogen-bond donors (Lipinski definition) is 1. The summed E-state index contributed by atoms with van der Waals surface area (Å²) in [5, 5.41) is 13.3. The molecule has 2 rings (SSSR count). The monoisotopic (exact) mass is 402 g/mol. The largest absolute Gasteiger partial charge is 0.321 e. The lowest BCUT2D eigenvalue weighted by molar-refractivity contribution is -0.384. The average Bonchev–Trinajstić information content (AvgIpc) is 2.41. The van der Waals surface area contributed by atoms with Crippen LogP contribution in [0.1, 0.15) is 10.4 Å². The van der Waals surface area contributed by atoms with Crippen LogP contribution in [0.5, 0.6) is 0 Å². The van der Waals surface area contributed by atoms with Crippen molar-refractivity contribution in [3.05, 3.63) is 66.7 Å². The fourth-order valence-electron chi connectivity index (χ4n) is 1.59. The van der Waals surface area contributed by atoms with E-state index in [1.165, 1.54) is 18.2 Å². The molecule has 2 aromatic carbocycles. The third kappa shape index (κ3) is 3.07. The van der Waals surface area contributed by atoms with Gasteiger partial charge >= 0.3 is 0 Å². The van der Waals surface area contributed by atoms with Gasteiger partial charge in [-0.15, -0.1) is 0 Å². The summed E-state index contributed by atoms with van der Waals surface area (Å²) in [6.07, 6.45) is 0. The minimum Gasteiger partial charge on any atom is -0.321 e. The third-order valence-electron chi connectivity index (χ3n) is 2.54. The predicted molar refractivity (Wildman–Crippen MR) is 85.2 cm³/mol. The van der Waals surface area contributed by atoms with Crippen LogP contribution in [0, 0.1) is 13.7 Å². The zero-order valence-corrected chi connectivity index (χ0v) is 12.9. The highest BCUT2D eigenvalue weighted by Gasteiger charge is 2.20. The molecule has 20 heavy (non-hydrogen) atoms. The molecule has 0 unspecified atom stereocenters. The van der Waals surface area contributed by atoms with Crippen LogP contribution in [-0.2, 0) is 0 Å². The van der Waals surface area contributed by atoms with Crippen molar-refractivity contribution >= 4 is 51.5 Å². The topological polar surface area (TPSA) is 72.2 Å². The number of carbonyl (C=O) groups is 1. The van der Waals surface area contributed by atoms with Crippen molar-refractivity contribution in [2.24, 2.45) is 0 Å². The molecule has 0 fully saturated rings. The number of nitrogens with zero attached hydrogens (tertiary/aromatic N) is 1. The number of benzene rings is 2. The van der Waals surface area contributed by atoms with Gasteiger partial charge in [0.1, 0.15) is 5.02 Å². The number of nitro benzene ring substituents is 1. The summed E-state index contributed by atoms with van der Waals surface area (Å²) in [4.78, 5) is 22.3. The molecule has 1 amide bonds. The summed E-state index contributed by atoms with van der Waals surface area (Å²) in [5.74, 6) is -0.484. The van der Waals surface area contributed by atoms with Gasteiger partial charge < -0.3 is 5.32 Å². The van der Waals surface area contributed by atoms with Crippen molar-refractivity contribution in [2.75, 3.05) is 5.32 Å². The van der Waals surface area contributed by atoms with Crippen molar-refractivity contribution < 1.29 is 9.72 Å². The first-order valence-electron chi connectivity index (χ1n) is 5.49. The first kappa shape index (κ1) is 14.7. The van der Waals surface area contributed by atoms with E-state index < -0.39 is 10.8 Å². The second-order valence-electron chi connectivity index (χ2n) is 3.83. The third-order valence-corrected chi connectivity index (χ3v) is 3.88. The van der Waals surface area contributed by atoms with E-state index in [0.717, 1.165) is 3.57 Å². The smallest absolute Gasteiger partial charge is 0.288 e. The highest BCUT2D eigenvalue weighted by atomic mass is 127. The fourth-order valence-corrected chi connectivity index (χ4v) is 2.39. The van der Waals surface area contributed by atoms with Crippen LogP contribution in [0.4, 0.5) is 11.4 Å². The number of carbonyl (C=O) groups excluding carboxylic acids is 1. The molecule has 0 aliphatic heterocycles. The van der Waals surface area contributed by atoms with E-state index >= 15 is 0 Å². The van der Waals surface area contributed by atoms with Crippen LogP contribution < -0.4 is 5.32 Å². The molecule has 0 aliphatic carbocycles. The molecule has 5 nitrogen and oxygen atoms in total. The van der Waals surface area contributed by atoms with Gasteiger partial charge in [0, 0.05) is 9.64 Å². The Morgan fingerprint density at radius 3 is 2.55 bits per heavy atom. The molecule has 0 radical (unpaired) electrons. The molecule has 0 heterocycles. The highest BCUT2D eigenvalue weighted by molar-refractivity contribution is 14.1. The lowest BCUT2D eigenvalue weighted by atomic mass is 10.2. The Morgan fingerprint density at radius 1 is 1.20 bits per heavy atom. The second kappa shape index (κ2) is 6.19. The lowest BCUT2D eigenvalue weighted by Crippen LogP contribution is -2.13. The molecule has 0 aromatic heterocycles. The number of rotatable bonds is 3. The molecular formula is C13H8ClIN2O3. The summed E-state index contributed by atoms with van der Waals surface area (Å²) >= 11 is 7.98. The zero-order valence-electron chi connectivity index (χ0n) is 9.97. The average molecular weight is 403 g/mol. The Labute approximate surface area is 133 Å². The molecule has 1 N–H and O–H groups in total. The van der Waals surface area contributed by atoms with Gasteiger partial charge in [-0.1, -0.05) is 29.8 Å². The SMILES string of the molecule is O=C(Nc1ccccc1I)c1cccc([N+](=O)[O-])c1Cl. The number of para-hydroxylation sites is 1. The van der Waals surface area contributed by atoms with Gasteiger partial charge in [-0.05, 0) is 40.8 Å². The van der Waals surface area contributed by atoms with Gasteiger partial charge in [0.2, 0.25) is 0 Å². The maximum absolute atomic E-state index is 12.1. The summed E-state index contributed by atoms with van der Waals surface area (Å²) in [6.45, 7) is 0. The normalized spacial score (nSPS) is 10.1. The molecule has 0 atom stereocenters. The van der Waals surface area contributed by atoms with E-state index in [1.807, 2.05) is 12.1 Å². The number of halogens is 2. The van der Waals surface area contributed by atoms with Gasteiger partial charge in [0.05, 0.1) is 16.2 Å². The van der Waals surface area contributed by atoms with E-state index in [1.54, 1.807) is 12.1 Å². The molecule has 0 saturated carbocycles. The van der Waals surface area contributed by atoms with Crippen molar-refractivity contribution in [1.82, 2.24) is 0 Å². The Morgan fingerprint density at radius 2 is 1.90 bits per heavy atom. The Bertz CT molecular complexity index is 691. The summed E-state index contributed by atoms with van der Waals surface area (Å²) < 4.78 is 0.861. The van der Waals surface area contributed by atoms with Gasteiger partial charge in [0.15, 0.2) is 0 Å². The molecule has 0 saturated heterocycles. The number of hydrogen-bond acceptors (Lipinski definition) is 3. The van der Waals surface area contributed by atoms with Gasteiger partial charge in [0.25, 0.3) is 11.6 Å². The van der Waals surface area contributed by atoms with E-state index in [9.17, 15) is 14.9 Å². The molecule has 2 aromatic rings. The van der Waals surface area contributed by atoms with Crippen molar-refractivity contribution in [3.8, 4) is 0 Å². The van der Waals surface area contributed by atoms with Crippen LogP contribution in [0.3, 0.4) is 0 Å². The van der Waals surface area contributed by atoms with Crippen molar-refractivity contribution in [1.29, 1.82) is 0 Å². The number of anilines is 1. The minimum absolute atomic E-state index is 0.0699. The van der Waals surface area contributed by atoms with Crippen LogP contribution in [-0.4, -0.2) is 10.8 Å². The molecular weight excluding hydrogens is 395 g/mol. The summed E-state index contributed by atoms with van der Waals surface area (Å²) in [5.41, 5.74) is 0.406. The van der Waals surface area contributed by atoms with E-state index in [2.05, 4.69) is 27.9 Å². The molecule has 0 aliphatic rings. The predicted octanol–water partition coefficient (Wildman–Crippen LogP) is 4.11. The number of nitrogens with one attached hydrogen (secondary N) is 1. The molecule has 0 bridgehead atoms. The van der Waals surface area contributed by atoms with E-state index in [4.69, 9.17) is 11.6 Å². The van der Waals surface area contributed by atoms with Crippen molar-refractivity contribution in [3.63, 3.8) is 0 Å². The van der Waals surface area contributed by atoms with Crippen LogP contribution in [0.25, 0.3) is 0 Å². The highest BCUT2D eigenvalue weighted by Crippen LogP contribution is 2.28. The standard InChI is InChI=1S/C13H8ClIN2O3/c14-12-8(4-3-7-11(12)17(19)20)13(18)16-10-6-2-1-5-9(10)15/h1-7H,(H,16,18). The zero-order chi connectivity index (χ0) is 14.7. The number of amides is 1. The number of nitro groups is 1. The van der Waals surface area contributed by atoms with Gasteiger partial charge in [-0.3, -0.25) is 14.9 Å². The summed E-state index contributed by atoms with van der Waals surface area (Å²) in [6, 6.07) is 11.3. The summed E-state index contributed by atoms with van der Waals surface area (Å²) in [7, 11) is 0.